The van der Waals surface area contributed by atoms with Crippen LogP contribution in [0.5, 0.6) is 0 Å². The van der Waals surface area contributed by atoms with Gasteiger partial charge in [-0.05, 0) is 23.1 Å². The minimum atomic E-state index is -0.569. The zero-order valence-corrected chi connectivity index (χ0v) is 16.5. The largest absolute Gasteiger partial charge is 0.291 e. The van der Waals surface area contributed by atoms with Crippen molar-refractivity contribution in [2.75, 3.05) is 0 Å². The van der Waals surface area contributed by atoms with Crippen molar-refractivity contribution in [3.05, 3.63) is 83.1 Å². The van der Waals surface area contributed by atoms with Gasteiger partial charge in [0.1, 0.15) is 5.69 Å². The molecule has 3 aromatic heterocycles. The maximum atomic E-state index is 12.1. The van der Waals surface area contributed by atoms with Gasteiger partial charge >= 0.3 is 0 Å². The predicted molar refractivity (Wildman–Crippen MR) is 112 cm³/mol. The van der Waals surface area contributed by atoms with Gasteiger partial charge in [-0.25, -0.2) is 0 Å². The molecule has 0 aliphatic carbocycles. The van der Waals surface area contributed by atoms with Gasteiger partial charge in [0.15, 0.2) is 5.69 Å². The van der Waals surface area contributed by atoms with E-state index in [9.17, 15) is 9.59 Å². The van der Waals surface area contributed by atoms with Crippen LogP contribution in [-0.2, 0) is 11.3 Å². The molecule has 2 amide bonds. The number of thiophene rings is 1. The lowest BCUT2D eigenvalue weighted by Gasteiger charge is -2.02. The number of nitrogens with zero attached hydrogens (tertiary/aromatic N) is 4. The van der Waals surface area contributed by atoms with Crippen LogP contribution < -0.4 is 10.9 Å². The molecule has 30 heavy (non-hydrogen) atoms. The standard InChI is InChI=1S/C20H17N7O2S/c28-18(23-24-20(29)16-11-21-26-22-16)9-8-15-13-27(12-14-5-2-1-3-6-14)25-19(15)17-7-4-10-30-17/h1-11,13H,12H2,(H,23,28)(H,24,29)(H,21,22,26). The summed E-state index contributed by atoms with van der Waals surface area (Å²) in [7, 11) is 0. The van der Waals surface area contributed by atoms with Crippen LogP contribution in [0.15, 0.2) is 66.3 Å². The van der Waals surface area contributed by atoms with Crippen LogP contribution in [0.25, 0.3) is 16.6 Å². The Bertz CT molecular complexity index is 1150. The molecule has 0 spiro atoms. The summed E-state index contributed by atoms with van der Waals surface area (Å²) in [5.74, 6) is -1.06. The molecule has 10 heteroatoms. The van der Waals surface area contributed by atoms with E-state index >= 15 is 0 Å². The Kier molecular flexibility index (Phi) is 5.76. The van der Waals surface area contributed by atoms with Gasteiger partial charge in [0.2, 0.25) is 0 Å². The highest BCUT2D eigenvalue weighted by molar-refractivity contribution is 7.13. The molecule has 3 heterocycles. The van der Waals surface area contributed by atoms with E-state index in [0.717, 1.165) is 21.7 Å². The number of hydrazine groups is 1. The Morgan fingerprint density at radius 3 is 2.73 bits per heavy atom. The number of hydrogen-bond donors (Lipinski definition) is 3. The van der Waals surface area contributed by atoms with Gasteiger partial charge in [-0.15, -0.1) is 11.3 Å². The number of amides is 2. The summed E-state index contributed by atoms with van der Waals surface area (Å²) in [5, 5.41) is 16.2. The Morgan fingerprint density at radius 2 is 2.00 bits per heavy atom. The number of aromatic amines is 1. The van der Waals surface area contributed by atoms with E-state index in [4.69, 9.17) is 0 Å². The number of hydrogen-bond acceptors (Lipinski definition) is 6. The van der Waals surface area contributed by atoms with Gasteiger partial charge in [0, 0.05) is 17.8 Å². The quantitative estimate of drug-likeness (QED) is 0.327. The van der Waals surface area contributed by atoms with E-state index < -0.39 is 11.8 Å². The lowest BCUT2D eigenvalue weighted by atomic mass is 10.2. The summed E-state index contributed by atoms with van der Waals surface area (Å²) >= 11 is 1.57. The monoisotopic (exact) mass is 419 g/mol. The highest BCUT2D eigenvalue weighted by Crippen LogP contribution is 2.27. The number of nitrogens with one attached hydrogen (secondary N) is 3. The molecule has 0 saturated heterocycles. The number of H-pyrrole nitrogens is 1. The van der Waals surface area contributed by atoms with Gasteiger partial charge in [0.25, 0.3) is 11.8 Å². The molecular formula is C20H17N7O2S. The molecule has 4 rings (SSSR count). The number of carbonyl (C=O) groups excluding carboxylic acids is 2. The maximum Gasteiger partial charge on any atom is 0.291 e. The third kappa shape index (κ3) is 4.67. The second-order valence-electron chi connectivity index (χ2n) is 6.23. The molecule has 150 valence electrons. The first-order valence-electron chi connectivity index (χ1n) is 8.98. The van der Waals surface area contributed by atoms with Crippen molar-refractivity contribution >= 4 is 29.2 Å². The molecule has 0 aliphatic rings. The van der Waals surface area contributed by atoms with E-state index in [2.05, 4.69) is 31.4 Å². The Morgan fingerprint density at radius 1 is 1.13 bits per heavy atom. The number of rotatable bonds is 6. The molecule has 1 aromatic carbocycles. The maximum absolute atomic E-state index is 12.1. The van der Waals surface area contributed by atoms with Crippen LogP contribution in [0.4, 0.5) is 0 Å². The van der Waals surface area contributed by atoms with E-state index in [1.165, 1.54) is 12.3 Å². The third-order valence-corrected chi connectivity index (χ3v) is 4.97. The van der Waals surface area contributed by atoms with Crippen molar-refractivity contribution in [1.82, 2.24) is 36.0 Å². The zero-order chi connectivity index (χ0) is 20.8. The average molecular weight is 419 g/mol. The molecule has 0 atom stereocenters. The van der Waals surface area contributed by atoms with E-state index in [1.807, 2.05) is 58.7 Å². The molecule has 0 aliphatic heterocycles. The minimum absolute atomic E-state index is 0.0708. The van der Waals surface area contributed by atoms with Crippen molar-refractivity contribution in [3.63, 3.8) is 0 Å². The smallest absolute Gasteiger partial charge is 0.268 e. The molecule has 0 saturated carbocycles. The second-order valence-corrected chi connectivity index (χ2v) is 7.17. The zero-order valence-electron chi connectivity index (χ0n) is 15.6. The fourth-order valence-corrected chi connectivity index (χ4v) is 3.45. The van der Waals surface area contributed by atoms with Crippen molar-refractivity contribution in [2.24, 2.45) is 0 Å². The topological polar surface area (TPSA) is 118 Å². The van der Waals surface area contributed by atoms with Crippen LogP contribution in [0.2, 0.25) is 0 Å². The number of carbonyl (C=O) groups is 2. The van der Waals surface area contributed by atoms with E-state index in [1.54, 1.807) is 17.4 Å². The first-order valence-corrected chi connectivity index (χ1v) is 9.86. The summed E-state index contributed by atoms with van der Waals surface area (Å²) in [4.78, 5) is 24.9. The highest BCUT2D eigenvalue weighted by atomic mass is 32.1. The Labute approximate surface area is 175 Å². The SMILES string of the molecule is O=C(C=Cc1cn(Cc2ccccc2)nc1-c1cccs1)NNC(=O)c1cn[nH]n1. The summed E-state index contributed by atoms with van der Waals surface area (Å²) in [6.07, 6.45) is 6.15. The fraction of sp³-hybridized carbons (Fsp3) is 0.0500. The van der Waals surface area contributed by atoms with Crippen LogP contribution >= 0.6 is 11.3 Å². The summed E-state index contributed by atoms with van der Waals surface area (Å²) in [6.45, 7) is 0.618. The normalized spacial score (nSPS) is 10.9. The Balaban J connectivity index is 1.47. The number of aromatic nitrogens is 5. The molecule has 0 unspecified atom stereocenters. The summed E-state index contributed by atoms with van der Waals surface area (Å²) < 4.78 is 1.84. The highest BCUT2D eigenvalue weighted by Gasteiger charge is 2.12. The van der Waals surface area contributed by atoms with Crippen molar-refractivity contribution in [3.8, 4) is 10.6 Å². The lowest BCUT2D eigenvalue weighted by Crippen LogP contribution is -2.40. The van der Waals surface area contributed by atoms with Crippen LogP contribution in [0.1, 0.15) is 21.6 Å². The minimum Gasteiger partial charge on any atom is -0.268 e. The molecule has 9 nitrogen and oxygen atoms in total. The van der Waals surface area contributed by atoms with Gasteiger partial charge in [-0.1, -0.05) is 36.4 Å². The van der Waals surface area contributed by atoms with Gasteiger partial charge in [-0.2, -0.15) is 20.5 Å². The van der Waals surface area contributed by atoms with E-state index in [-0.39, 0.29) is 5.69 Å². The summed E-state index contributed by atoms with van der Waals surface area (Å²) in [5.41, 5.74) is 7.36. The molecule has 4 aromatic rings. The van der Waals surface area contributed by atoms with Crippen molar-refractivity contribution < 1.29 is 9.59 Å². The van der Waals surface area contributed by atoms with Crippen LogP contribution in [0, 0.1) is 0 Å². The van der Waals surface area contributed by atoms with Crippen LogP contribution in [-0.4, -0.2) is 37.0 Å². The molecule has 3 N–H and O–H groups in total. The Hall–Kier alpha value is -4.05. The molecule has 0 radical (unpaired) electrons. The second kappa shape index (κ2) is 8.97. The first-order chi connectivity index (χ1) is 14.7. The number of benzene rings is 1. The van der Waals surface area contributed by atoms with Crippen LogP contribution in [0.3, 0.4) is 0 Å². The molecular weight excluding hydrogens is 402 g/mol. The van der Waals surface area contributed by atoms with Gasteiger partial charge in [0.05, 0.1) is 17.6 Å². The molecule has 0 bridgehead atoms. The first kappa shape index (κ1) is 19.3. The van der Waals surface area contributed by atoms with Gasteiger partial charge in [-0.3, -0.25) is 25.1 Å². The van der Waals surface area contributed by atoms with Gasteiger partial charge < -0.3 is 0 Å². The lowest BCUT2D eigenvalue weighted by molar-refractivity contribution is -0.117. The molecule has 0 fully saturated rings. The predicted octanol–water partition coefficient (Wildman–Crippen LogP) is 2.25. The fourth-order valence-electron chi connectivity index (χ4n) is 2.72. The van der Waals surface area contributed by atoms with E-state index in [0.29, 0.717) is 6.54 Å². The summed E-state index contributed by atoms with van der Waals surface area (Å²) in [6, 6.07) is 13.9. The average Bonchev–Trinajstić information content (AvgIpc) is 3.53. The van der Waals surface area contributed by atoms with Crippen molar-refractivity contribution in [1.29, 1.82) is 0 Å². The van der Waals surface area contributed by atoms with Crippen molar-refractivity contribution in [2.45, 2.75) is 6.54 Å². The third-order valence-electron chi connectivity index (χ3n) is 4.09.